The monoisotopic (exact) mass is 261 g/mol. The van der Waals surface area contributed by atoms with Crippen LogP contribution in [-0.2, 0) is 16.0 Å². The molecule has 0 amide bonds. The Hall–Kier alpha value is -1.19. The molecule has 1 aliphatic heterocycles. The highest BCUT2D eigenvalue weighted by Crippen LogP contribution is 2.21. The Morgan fingerprint density at radius 1 is 1.26 bits per heavy atom. The number of carbonyl (C=O) groups excluding carboxylic acids is 1. The average Bonchev–Trinajstić information content (AvgIpc) is 2.40. The predicted octanol–water partition coefficient (Wildman–Crippen LogP) is 2.43. The van der Waals surface area contributed by atoms with Crippen molar-refractivity contribution in [2.24, 2.45) is 5.73 Å². The summed E-state index contributed by atoms with van der Waals surface area (Å²) in [5, 5.41) is 0. The van der Waals surface area contributed by atoms with Gasteiger partial charge in [-0.15, -0.1) is 0 Å². The lowest BCUT2D eigenvalue weighted by atomic mass is 9.84. The molecule has 0 aromatic heterocycles. The van der Waals surface area contributed by atoms with Crippen LogP contribution in [0, 0.1) is 0 Å². The Balaban J connectivity index is 2.02. The van der Waals surface area contributed by atoms with Gasteiger partial charge in [0.05, 0.1) is 5.54 Å². The summed E-state index contributed by atoms with van der Waals surface area (Å²) in [4.78, 5) is 12.3. The third kappa shape index (κ3) is 3.43. The summed E-state index contributed by atoms with van der Waals surface area (Å²) < 4.78 is 5.28. The molecular weight excluding hydrogens is 238 g/mol. The first kappa shape index (κ1) is 14.2. The van der Waals surface area contributed by atoms with Crippen molar-refractivity contribution >= 4 is 5.78 Å². The minimum atomic E-state index is -0.686. The number of ether oxygens (including phenoxy) is 1. The van der Waals surface area contributed by atoms with Crippen LogP contribution in [-0.4, -0.2) is 24.5 Å². The minimum absolute atomic E-state index is 0.132. The van der Waals surface area contributed by atoms with Gasteiger partial charge in [0.1, 0.15) is 0 Å². The van der Waals surface area contributed by atoms with Crippen molar-refractivity contribution in [2.45, 2.75) is 44.6 Å². The Morgan fingerprint density at radius 3 is 2.37 bits per heavy atom. The lowest BCUT2D eigenvalue weighted by Gasteiger charge is -2.31. The van der Waals surface area contributed by atoms with Gasteiger partial charge in [0.2, 0.25) is 0 Å². The maximum absolute atomic E-state index is 12.3. The molecule has 0 saturated carbocycles. The molecule has 1 aromatic rings. The summed E-state index contributed by atoms with van der Waals surface area (Å²) in [7, 11) is 0. The van der Waals surface area contributed by atoms with Gasteiger partial charge in [-0.2, -0.15) is 0 Å². The van der Waals surface area contributed by atoms with Crippen molar-refractivity contribution in [3.63, 3.8) is 0 Å². The van der Waals surface area contributed by atoms with Crippen LogP contribution in [0.15, 0.2) is 24.3 Å². The standard InChI is InChI=1S/C16H23NO2/c1-12(2)14-5-3-13(4-6-14)11-15(18)16(17)7-9-19-10-8-16/h3-6,12H,7-11,17H2,1-2H3. The van der Waals surface area contributed by atoms with E-state index in [0.29, 0.717) is 38.4 Å². The van der Waals surface area contributed by atoms with Gasteiger partial charge >= 0.3 is 0 Å². The highest BCUT2D eigenvalue weighted by molar-refractivity contribution is 5.90. The van der Waals surface area contributed by atoms with Crippen molar-refractivity contribution in [3.8, 4) is 0 Å². The van der Waals surface area contributed by atoms with E-state index in [9.17, 15) is 4.79 Å². The number of carbonyl (C=O) groups is 1. The van der Waals surface area contributed by atoms with Crippen molar-refractivity contribution in [3.05, 3.63) is 35.4 Å². The van der Waals surface area contributed by atoms with Crippen molar-refractivity contribution in [2.75, 3.05) is 13.2 Å². The first-order valence-corrected chi connectivity index (χ1v) is 7.00. The zero-order valence-electron chi connectivity index (χ0n) is 11.8. The molecule has 0 atom stereocenters. The Labute approximate surface area is 115 Å². The molecule has 104 valence electrons. The lowest BCUT2D eigenvalue weighted by Crippen LogP contribution is -2.52. The van der Waals surface area contributed by atoms with E-state index in [1.54, 1.807) is 0 Å². The topological polar surface area (TPSA) is 52.3 Å². The van der Waals surface area contributed by atoms with E-state index in [1.165, 1.54) is 5.56 Å². The molecular formula is C16H23NO2. The quantitative estimate of drug-likeness (QED) is 0.905. The number of hydrogen-bond acceptors (Lipinski definition) is 3. The van der Waals surface area contributed by atoms with Gasteiger partial charge in [-0.05, 0) is 29.9 Å². The largest absolute Gasteiger partial charge is 0.381 e. The molecule has 0 aliphatic carbocycles. The van der Waals surface area contributed by atoms with Gasteiger partial charge in [0.25, 0.3) is 0 Å². The molecule has 1 aliphatic rings. The highest BCUT2D eigenvalue weighted by Gasteiger charge is 2.35. The fraction of sp³-hybridized carbons (Fsp3) is 0.562. The Bertz CT molecular complexity index is 431. The zero-order chi connectivity index (χ0) is 13.9. The highest BCUT2D eigenvalue weighted by atomic mass is 16.5. The van der Waals surface area contributed by atoms with E-state index in [0.717, 1.165) is 5.56 Å². The van der Waals surface area contributed by atoms with Gasteiger partial charge in [-0.25, -0.2) is 0 Å². The van der Waals surface area contributed by atoms with Gasteiger partial charge in [-0.3, -0.25) is 4.79 Å². The fourth-order valence-corrected chi connectivity index (χ4v) is 2.40. The number of rotatable bonds is 4. The molecule has 1 saturated heterocycles. The summed E-state index contributed by atoms with van der Waals surface area (Å²) in [6.45, 7) is 5.51. The van der Waals surface area contributed by atoms with Crippen LogP contribution in [0.3, 0.4) is 0 Å². The molecule has 1 aromatic carbocycles. The van der Waals surface area contributed by atoms with Crippen LogP contribution in [0.25, 0.3) is 0 Å². The predicted molar refractivity (Wildman–Crippen MR) is 76.2 cm³/mol. The van der Waals surface area contributed by atoms with E-state index in [4.69, 9.17) is 10.5 Å². The minimum Gasteiger partial charge on any atom is -0.381 e. The summed E-state index contributed by atoms with van der Waals surface area (Å²) >= 11 is 0. The molecule has 0 unspecified atom stereocenters. The normalized spacial score (nSPS) is 18.5. The summed E-state index contributed by atoms with van der Waals surface area (Å²) in [5.74, 6) is 0.647. The van der Waals surface area contributed by atoms with Crippen molar-refractivity contribution in [1.29, 1.82) is 0 Å². The molecule has 1 fully saturated rings. The molecule has 0 spiro atoms. The van der Waals surface area contributed by atoms with Crippen LogP contribution < -0.4 is 5.73 Å². The summed E-state index contributed by atoms with van der Waals surface area (Å²) in [6.07, 6.45) is 1.70. The fourth-order valence-electron chi connectivity index (χ4n) is 2.40. The molecule has 2 rings (SSSR count). The third-order valence-electron chi connectivity index (χ3n) is 3.95. The van der Waals surface area contributed by atoms with Crippen molar-refractivity contribution < 1.29 is 9.53 Å². The second kappa shape index (κ2) is 5.85. The number of benzene rings is 1. The molecule has 0 radical (unpaired) electrons. The SMILES string of the molecule is CC(C)c1ccc(CC(=O)C2(N)CCOCC2)cc1. The maximum atomic E-state index is 12.3. The van der Waals surface area contributed by atoms with E-state index in [2.05, 4.69) is 26.0 Å². The molecule has 1 heterocycles. The Kier molecular flexibility index (Phi) is 4.38. The van der Waals surface area contributed by atoms with Gasteiger partial charge < -0.3 is 10.5 Å². The average molecular weight is 261 g/mol. The molecule has 2 N–H and O–H groups in total. The smallest absolute Gasteiger partial charge is 0.157 e. The second-order valence-corrected chi connectivity index (χ2v) is 5.76. The zero-order valence-corrected chi connectivity index (χ0v) is 11.8. The van der Waals surface area contributed by atoms with Crippen LogP contribution in [0.5, 0.6) is 0 Å². The number of ketones is 1. The molecule has 3 nitrogen and oxygen atoms in total. The van der Waals surface area contributed by atoms with Crippen molar-refractivity contribution in [1.82, 2.24) is 0 Å². The number of hydrogen-bond donors (Lipinski definition) is 1. The van der Waals surface area contributed by atoms with Gasteiger partial charge in [0, 0.05) is 19.6 Å². The van der Waals surface area contributed by atoms with Crippen LogP contribution in [0.2, 0.25) is 0 Å². The van der Waals surface area contributed by atoms with Gasteiger partial charge in [-0.1, -0.05) is 38.1 Å². The van der Waals surface area contributed by atoms with E-state index in [-0.39, 0.29) is 5.78 Å². The van der Waals surface area contributed by atoms with Crippen LogP contribution in [0.1, 0.15) is 43.7 Å². The third-order valence-corrected chi connectivity index (χ3v) is 3.95. The number of nitrogens with two attached hydrogens (primary N) is 1. The summed E-state index contributed by atoms with van der Waals surface area (Å²) in [6, 6.07) is 8.27. The molecule has 0 bridgehead atoms. The van der Waals surface area contributed by atoms with E-state index in [1.807, 2.05) is 12.1 Å². The summed E-state index contributed by atoms with van der Waals surface area (Å²) in [5.41, 5.74) is 7.86. The Morgan fingerprint density at radius 2 is 1.84 bits per heavy atom. The van der Waals surface area contributed by atoms with Crippen LogP contribution in [0.4, 0.5) is 0 Å². The van der Waals surface area contributed by atoms with Gasteiger partial charge in [0.15, 0.2) is 5.78 Å². The van der Waals surface area contributed by atoms with E-state index >= 15 is 0 Å². The first-order valence-electron chi connectivity index (χ1n) is 7.00. The van der Waals surface area contributed by atoms with Crippen LogP contribution >= 0.6 is 0 Å². The number of Topliss-reactive ketones (excluding diaryl/α,β-unsaturated/α-hetero) is 1. The molecule has 19 heavy (non-hydrogen) atoms. The van der Waals surface area contributed by atoms with E-state index < -0.39 is 5.54 Å². The molecule has 3 heteroatoms. The first-order chi connectivity index (χ1) is 9.01. The lowest BCUT2D eigenvalue weighted by molar-refractivity contribution is -0.126. The second-order valence-electron chi connectivity index (χ2n) is 5.76. The maximum Gasteiger partial charge on any atom is 0.157 e.